The van der Waals surface area contributed by atoms with Crippen LogP contribution in [-0.2, 0) is 13.0 Å². The molecule has 2 heterocycles. The molecule has 0 radical (unpaired) electrons. The fourth-order valence-electron chi connectivity index (χ4n) is 3.47. The minimum Gasteiger partial charge on any atom is -0.366 e. The first-order chi connectivity index (χ1) is 13.1. The van der Waals surface area contributed by atoms with E-state index in [1.54, 1.807) is 6.07 Å². The number of nitrogens with one attached hydrogen (secondary N) is 1. The van der Waals surface area contributed by atoms with Crippen molar-refractivity contribution in [1.82, 2.24) is 9.97 Å². The van der Waals surface area contributed by atoms with E-state index >= 15 is 0 Å². The first-order valence-corrected chi connectivity index (χ1v) is 9.15. The van der Waals surface area contributed by atoms with Crippen LogP contribution in [0.25, 0.3) is 0 Å². The molecule has 0 bridgehead atoms. The second-order valence-electron chi connectivity index (χ2n) is 6.98. The molecule has 3 aromatic rings. The molecular weight excluding hydrogens is 336 g/mol. The second kappa shape index (κ2) is 7.19. The lowest BCUT2D eigenvalue weighted by Crippen LogP contribution is -2.36. The molecule has 5 heteroatoms. The summed E-state index contributed by atoms with van der Waals surface area (Å²) in [6, 6.07) is 18.2. The van der Waals surface area contributed by atoms with E-state index in [4.69, 9.17) is 0 Å². The summed E-state index contributed by atoms with van der Waals surface area (Å²) in [6.07, 6.45) is 2.31. The lowest BCUT2D eigenvalue weighted by molar-refractivity contribution is 0.0976. The van der Waals surface area contributed by atoms with Crippen molar-refractivity contribution in [2.75, 3.05) is 10.2 Å². The molecule has 136 valence electrons. The fourth-order valence-corrected chi connectivity index (χ4v) is 3.47. The summed E-state index contributed by atoms with van der Waals surface area (Å²) in [5.41, 5.74) is 4.97. The average molecular weight is 358 g/mol. The number of anilines is 2. The minimum atomic E-state index is -0.0896. The van der Waals surface area contributed by atoms with Gasteiger partial charge in [-0.25, -0.2) is 9.97 Å². The van der Waals surface area contributed by atoms with Crippen LogP contribution in [0.5, 0.6) is 0 Å². The van der Waals surface area contributed by atoms with Gasteiger partial charge in [-0.2, -0.15) is 0 Å². The summed E-state index contributed by atoms with van der Waals surface area (Å²) < 4.78 is 0. The Bertz CT molecular complexity index is 968. The topological polar surface area (TPSA) is 58.1 Å². The maximum atomic E-state index is 13.1. The molecule has 1 aromatic heterocycles. The zero-order valence-corrected chi connectivity index (χ0v) is 15.5. The molecule has 1 N–H and O–H groups in total. The summed E-state index contributed by atoms with van der Waals surface area (Å²) in [6.45, 7) is 4.78. The number of carbonyl (C=O) groups excluding carboxylic acids is 1. The van der Waals surface area contributed by atoms with Crippen LogP contribution in [0.2, 0.25) is 0 Å². The molecule has 2 aromatic carbocycles. The molecular formula is C22H22N4O. The van der Waals surface area contributed by atoms with Gasteiger partial charge in [0.15, 0.2) is 0 Å². The predicted octanol–water partition coefficient (Wildman–Crippen LogP) is 3.99. The lowest BCUT2D eigenvalue weighted by atomic mass is 10.1. The van der Waals surface area contributed by atoms with Gasteiger partial charge >= 0.3 is 0 Å². The number of aryl methyl sites for hydroxylation is 1. The molecule has 0 spiro atoms. The monoisotopic (exact) mass is 358 g/mol. The summed E-state index contributed by atoms with van der Waals surface area (Å²) in [5, 5.41) is 3.27. The van der Waals surface area contributed by atoms with E-state index in [0.717, 1.165) is 17.7 Å². The lowest BCUT2D eigenvalue weighted by Gasteiger charge is -2.22. The fraction of sp³-hybridized carbons (Fsp3) is 0.227. The molecule has 4 rings (SSSR count). The summed E-state index contributed by atoms with van der Waals surface area (Å²) >= 11 is 0. The van der Waals surface area contributed by atoms with Gasteiger partial charge in [-0.15, -0.1) is 0 Å². The Morgan fingerprint density at radius 2 is 1.93 bits per heavy atom. The number of amides is 1. The molecule has 0 saturated heterocycles. The quantitative estimate of drug-likeness (QED) is 0.766. The van der Waals surface area contributed by atoms with Crippen LogP contribution in [0.1, 0.15) is 34.1 Å². The van der Waals surface area contributed by atoms with Crippen LogP contribution >= 0.6 is 0 Å². The Labute approximate surface area is 159 Å². The second-order valence-corrected chi connectivity index (χ2v) is 6.98. The van der Waals surface area contributed by atoms with Crippen LogP contribution in [0.3, 0.4) is 0 Å². The van der Waals surface area contributed by atoms with E-state index in [1.165, 1.54) is 17.5 Å². The third kappa shape index (κ3) is 3.53. The van der Waals surface area contributed by atoms with E-state index in [9.17, 15) is 4.79 Å². The van der Waals surface area contributed by atoms with Gasteiger partial charge in [-0.3, -0.25) is 4.79 Å². The Balaban J connectivity index is 1.52. The number of rotatable bonds is 4. The number of carbonyl (C=O) groups is 1. The van der Waals surface area contributed by atoms with Gasteiger partial charge < -0.3 is 10.2 Å². The van der Waals surface area contributed by atoms with Crippen molar-refractivity contribution >= 4 is 17.4 Å². The third-order valence-corrected chi connectivity index (χ3v) is 4.91. The first-order valence-electron chi connectivity index (χ1n) is 9.15. The van der Waals surface area contributed by atoms with Crippen molar-refractivity contribution in [1.29, 1.82) is 0 Å². The minimum absolute atomic E-state index is 0.0896. The number of aromatic nitrogens is 2. The number of hydrogen-bond donors (Lipinski definition) is 1. The van der Waals surface area contributed by atoms with Gasteiger partial charge in [0.05, 0.1) is 0 Å². The zero-order chi connectivity index (χ0) is 18.8. The third-order valence-electron chi connectivity index (χ3n) is 4.91. The van der Waals surface area contributed by atoms with E-state index in [0.29, 0.717) is 18.1 Å². The van der Waals surface area contributed by atoms with Crippen LogP contribution in [0.15, 0.2) is 60.9 Å². The Hall–Kier alpha value is -3.21. The van der Waals surface area contributed by atoms with Gasteiger partial charge in [-0.05, 0) is 37.5 Å². The Morgan fingerprint density at radius 3 is 2.74 bits per heavy atom. The Morgan fingerprint density at radius 1 is 1.15 bits per heavy atom. The molecule has 1 aliphatic heterocycles. The summed E-state index contributed by atoms with van der Waals surface area (Å²) in [4.78, 5) is 23.4. The van der Waals surface area contributed by atoms with Crippen LogP contribution in [0.4, 0.5) is 11.5 Å². The van der Waals surface area contributed by atoms with Crippen LogP contribution in [0, 0.1) is 6.92 Å². The maximum absolute atomic E-state index is 13.1. The molecule has 5 nitrogen and oxygen atoms in total. The highest BCUT2D eigenvalue weighted by atomic mass is 16.2. The Kier molecular flexibility index (Phi) is 4.59. The van der Waals surface area contributed by atoms with Gasteiger partial charge in [0.25, 0.3) is 5.91 Å². The largest absolute Gasteiger partial charge is 0.366 e. The smallest absolute Gasteiger partial charge is 0.277 e. The van der Waals surface area contributed by atoms with Crippen LogP contribution in [-0.4, -0.2) is 21.9 Å². The highest BCUT2D eigenvalue weighted by Crippen LogP contribution is 2.32. The maximum Gasteiger partial charge on any atom is 0.277 e. The van der Waals surface area contributed by atoms with E-state index in [2.05, 4.69) is 59.5 Å². The van der Waals surface area contributed by atoms with E-state index in [-0.39, 0.29) is 11.9 Å². The van der Waals surface area contributed by atoms with Crippen molar-refractivity contribution in [3.05, 3.63) is 83.3 Å². The number of benzene rings is 2. The van der Waals surface area contributed by atoms with Gasteiger partial charge in [0, 0.05) is 24.3 Å². The molecule has 27 heavy (non-hydrogen) atoms. The molecule has 0 aliphatic carbocycles. The van der Waals surface area contributed by atoms with E-state index < -0.39 is 0 Å². The molecule has 1 amide bonds. The first kappa shape index (κ1) is 17.2. The van der Waals surface area contributed by atoms with Crippen molar-refractivity contribution < 1.29 is 4.79 Å². The van der Waals surface area contributed by atoms with Gasteiger partial charge in [0.2, 0.25) is 0 Å². The summed E-state index contributed by atoms with van der Waals surface area (Å²) in [5.74, 6) is 0.558. The van der Waals surface area contributed by atoms with Gasteiger partial charge in [-0.1, -0.05) is 48.0 Å². The number of nitrogens with zero attached hydrogens (tertiary/aromatic N) is 3. The molecule has 1 unspecified atom stereocenters. The van der Waals surface area contributed by atoms with E-state index in [1.807, 2.05) is 23.1 Å². The zero-order valence-electron chi connectivity index (χ0n) is 15.5. The standard InChI is InChI=1S/C22H22N4O/c1-15-7-9-17(10-8-15)13-23-21-12-19(24-14-25-21)22(27)26-16(2)11-18-5-3-4-6-20(18)26/h3-10,12,14,16H,11,13H2,1-2H3,(H,23,24,25). The number of para-hydroxylation sites is 1. The highest BCUT2D eigenvalue weighted by molar-refractivity contribution is 6.06. The number of hydrogen-bond acceptors (Lipinski definition) is 4. The molecule has 0 saturated carbocycles. The van der Waals surface area contributed by atoms with Gasteiger partial charge in [0.1, 0.15) is 17.8 Å². The summed E-state index contributed by atoms with van der Waals surface area (Å²) in [7, 11) is 0. The van der Waals surface area contributed by atoms with Crippen molar-refractivity contribution in [3.63, 3.8) is 0 Å². The average Bonchev–Trinajstić information content (AvgIpc) is 3.03. The normalized spacial score (nSPS) is 15.5. The van der Waals surface area contributed by atoms with Crippen molar-refractivity contribution in [2.45, 2.75) is 32.9 Å². The molecule has 1 atom stereocenters. The van der Waals surface area contributed by atoms with Crippen molar-refractivity contribution in [2.24, 2.45) is 0 Å². The SMILES string of the molecule is Cc1ccc(CNc2cc(C(=O)N3c4ccccc4CC3C)ncn2)cc1. The van der Waals surface area contributed by atoms with Crippen molar-refractivity contribution in [3.8, 4) is 0 Å². The molecule has 0 fully saturated rings. The predicted molar refractivity (Wildman–Crippen MR) is 107 cm³/mol. The molecule has 1 aliphatic rings. The van der Waals surface area contributed by atoms with Crippen LogP contribution < -0.4 is 10.2 Å². The highest BCUT2D eigenvalue weighted by Gasteiger charge is 2.31. The number of fused-ring (bicyclic) bond motifs is 1.